The van der Waals surface area contributed by atoms with Crippen LogP contribution in [0.2, 0.25) is 0 Å². The van der Waals surface area contributed by atoms with Crippen molar-refractivity contribution < 1.29 is 26.3 Å². The summed E-state index contributed by atoms with van der Waals surface area (Å²) in [5, 5.41) is 10.5. The Morgan fingerprint density at radius 2 is 1.97 bits per heavy atom. The van der Waals surface area contributed by atoms with Crippen LogP contribution in [0.1, 0.15) is 66.5 Å². The van der Waals surface area contributed by atoms with Crippen molar-refractivity contribution in [2.24, 2.45) is 0 Å². The van der Waals surface area contributed by atoms with Crippen LogP contribution in [0.5, 0.6) is 0 Å². The average Bonchev–Trinajstić information content (AvgIpc) is 2.71. The number of nitrogen functional groups attached to an aromatic ring is 1. The molecule has 0 bridgehead atoms. The molecule has 1 fully saturated rings. The van der Waals surface area contributed by atoms with E-state index in [4.69, 9.17) is 11.1 Å². The third-order valence-corrected chi connectivity index (χ3v) is 5.79. The highest BCUT2D eigenvalue weighted by Gasteiger charge is 2.35. The van der Waals surface area contributed by atoms with Crippen molar-refractivity contribution in [1.29, 1.82) is 5.41 Å². The molecule has 3 unspecified atom stereocenters. The first kappa shape index (κ1) is 24.0. The Hall–Kier alpha value is -2.62. The molecule has 1 aromatic carbocycles. The van der Waals surface area contributed by atoms with Crippen molar-refractivity contribution in [2.45, 2.75) is 63.2 Å². The Morgan fingerprint density at radius 3 is 2.53 bits per heavy atom. The topological polar surface area (TPSA) is 74.8 Å². The van der Waals surface area contributed by atoms with Crippen molar-refractivity contribution in [3.63, 3.8) is 0 Å². The molecule has 0 spiro atoms. The van der Waals surface area contributed by atoms with Crippen molar-refractivity contribution in [1.82, 2.24) is 10.3 Å². The fraction of sp³-hybridized carbons (Fsp3) is 0.455. The zero-order valence-electron chi connectivity index (χ0n) is 17.3. The standard InChI is InChI=1S/C22H24F6N4/c1-11-6-14(13-3-5-18(20(23)24)31-10-13)9-15(32-11)4-2-12-7-16(21(25)30)19(29)17(8-12)22(26,27)28/h3,5,7-8,10-11,14-15,20,30,32H,2,4,6,9,29H2,1H3. The molecule has 1 aliphatic rings. The molecule has 0 amide bonds. The Labute approximate surface area is 181 Å². The molecule has 0 radical (unpaired) electrons. The quantitative estimate of drug-likeness (QED) is 0.292. The monoisotopic (exact) mass is 458 g/mol. The Bertz CT molecular complexity index is 958. The van der Waals surface area contributed by atoms with Gasteiger partial charge in [0.2, 0.25) is 5.97 Å². The number of aromatic nitrogens is 1. The maximum atomic E-state index is 13.5. The summed E-state index contributed by atoms with van der Waals surface area (Å²) < 4.78 is 78.9. The molecule has 3 rings (SSSR count). The van der Waals surface area contributed by atoms with Crippen LogP contribution in [0.3, 0.4) is 0 Å². The molecule has 1 aliphatic heterocycles. The molecule has 174 valence electrons. The van der Waals surface area contributed by atoms with Crippen LogP contribution in [-0.2, 0) is 12.6 Å². The minimum absolute atomic E-state index is 0.0429. The minimum Gasteiger partial charge on any atom is -0.398 e. The van der Waals surface area contributed by atoms with E-state index in [1.807, 2.05) is 6.92 Å². The van der Waals surface area contributed by atoms with Gasteiger partial charge >= 0.3 is 6.18 Å². The van der Waals surface area contributed by atoms with Gasteiger partial charge in [-0.1, -0.05) is 6.07 Å². The van der Waals surface area contributed by atoms with Gasteiger partial charge in [0, 0.05) is 18.3 Å². The van der Waals surface area contributed by atoms with Crippen LogP contribution in [0.25, 0.3) is 0 Å². The number of halogens is 6. The van der Waals surface area contributed by atoms with Gasteiger partial charge < -0.3 is 11.1 Å². The van der Waals surface area contributed by atoms with Crippen LogP contribution in [0.4, 0.5) is 32.0 Å². The van der Waals surface area contributed by atoms with Gasteiger partial charge in [-0.2, -0.15) is 17.6 Å². The fourth-order valence-electron chi connectivity index (χ4n) is 4.28. The zero-order valence-corrected chi connectivity index (χ0v) is 17.3. The highest BCUT2D eigenvalue weighted by molar-refractivity contribution is 5.97. The number of hydrogen-bond acceptors (Lipinski definition) is 4. The number of anilines is 1. The second-order valence-electron chi connectivity index (χ2n) is 8.21. The highest BCUT2D eigenvalue weighted by atomic mass is 19.4. The second kappa shape index (κ2) is 9.48. The van der Waals surface area contributed by atoms with Crippen LogP contribution >= 0.6 is 0 Å². The number of nitrogens with zero attached hydrogens (tertiary/aromatic N) is 1. The zero-order chi connectivity index (χ0) is 23.6. The number of aryl methyl sites for hydroxylation is 1. The van der Waals surface area contributed by atoms with Crippen LogP contribution in [0.15, 0.2) is 30.5 Å². The highest BCUT2D eigenvalue weighted by Crippen LogP contribution is 2.37. The molecule has 0 aliphatic carbocycles. The largest absolute Gasteiger partial charge is 0.418 e. The van der Waals surface area contributed by atoms with Gasteiger partial charge in [0.15, 0.2) is 0 Å². The summed E-state index contributed by atoms with van der Waals surface area (Å²) in [5.74, 6) is -1.44. The summed E-state index contributed by atoms with van der Waals surface area (Å²) in [6, 6.07) is 5.10. The van der Waals surface area contributed by atoms with E-state index in [2.05, 4.69) is 10.3 Å². The van der Waals surface area contributed by atoms with E-state index in [-0.39, 0.29) is 35.7 Å². The lowest BCUT2D eigenvalue weighted by Gasteiger charge is -2.35. The second-order valence-corrected chi connectivity index (χ2v) is 8.21. The van der Waals surface area contributed by atoms with Crippen molar-refractivity contribution >= 4 is 11.7 Å². The van der Waals surface area contributed by atoms with Crippen molar-refractivity contribution in [3.8, 4) is 0 Å². The molecule has 32 heavy (non-hydrogen) atoms. The third kappa shape index (κ3) is 5.59. The van der Waals surface area contributed by atoms with Crippen LogP contribution < -0.4 is 11.1 Å². The average molecular weight is 458 g/mol. The Balaban J connectivity index is 1.74. The first-order valence-corrected chi connectivity index (χ1v) is 10.2. The molecule has 10 heteroatoms. The van der Waals surface area contributed by atoms with Gasteiger partial charge in [0.25, 0.3) is 6.43 Å². The van der Waals surface area contributed by atoms with E-state index >= 15 is 0 Å². The van der Waals surface area contributed by atoms with Gasteiger partial charge in [-0.25, -0.2) is 8.78 Å². The SMILES string of the molecule is CC1CC(c2ccc(C(F)F)nc2)CC(CCc2cc(C(=N)F)c(N)c(C(F)(F)F)c2)N1. The summed E-state index contributed by atoms with van der Waals surface area (Å²) in [6.45, 7) is 1.98. The first-order valence-electron chi connectivity index (χ1n) is 10.2. The molecule has 1 saturated heterocycles. The summed E-state index contributed by atoms with van der Waals surface area (Å²) in [4.78, 5) is 3.82. The number of hydrogen-bond donors (Lipinski definition) is 3. The molecule has 1 aromatic heterocycles. The van der Waals surface area contributed by atoms with Gasteiger partial charge in [-0.15, -0.1) is 0 Å². The smallest absolute Gasteiger partial charge is 0.398 e. The molecule has 0 saturated carbocycles. The van der Waals surface area contributed by atoms with Gasteiger partial charge in [0.1, 0.15) is 5.69 Å². The number of benzene rings is 1. The Morgan fingerprint density at radius 1 is 1.25 bits per heavy atom. The normalized spacial score (nSPS) is 21.7. The lowest BCUT2D eigenvalue weighted by molar-refractivity contribution is -0.137. The Kier molecular flexibility index (Phi) is 7.12. The number of pyridine rings is 1. The molecule has 4 N–H and O–H groups in total. The summed E-state index contributed by atoms with van der Waals surface area (Å²) in [7, 11) is 0. The maximum Gasteiger partial charge on any atom is 0.418 e. The summed E-state index contributed by atoms with van der Waals surface area (Å²) >= 11 is 0. The van der Waals surface area contributed by atoms with E-state index in [1.54, 1.807) is 6.07 Å². The molecule has 2 heterocycles. The van der Waals surface area contributed by atoms with Gasteiger partial charge in [0.05, 0.1) is 16.8 Å². The number of alkyl halides is 5. The molecule has 4 nitrogen and oxygen atoms in total. The van der Waals surface area contributed by atoms with E-state index in [1.165, 1.54) is 18.3 Å². The maximum absolute atomic E-state index is 13.5. The van der Waals surface area contributed by atoms with Gasteiger partial charge in [-0.3, -0.25) is 10.4 Å². The minimum atomic E-state index is -4.76. The number of rotatable bonds is 6. The summed E-state index contributed by atoms with van der Waals surface area (Å²) in [5.41, 5.74) is 3.72. The molecule has 3 atom stereocenters. The fourth-order valence-corrected chi connectivity index (χ4v) is 4.28. The predicted molar refractivity (Wildman–Crippen MR) is 110 cm³/mol. The number of nitrogens with two attached hydrogens (primary N) is 1. The van der Waals surface area contributed by atoms with Crippen molar-refractivity contribution in [2.75, 3.05) is 5.73 Å². The number of piperidine rings is 1. The third-order valence-electron chi connectivity index (χ3n) is 5.79. The van der Waals surface area contributed by atoms with E-state index in [9.17, 15) is 26.3 Å². The lowest BCUT2D eigenvalue weighted by Crippen LogP contribution is -2.43. The lowest BCUT2D eigenvalue weighted by atomic mass is 9.82. The van der Waals surface area contributed by atoms with Crippen LogP contribution in [0, 0.1) is 5.41 Å². The van der Waals surface area contributed by atoms with E-state index < -0.39 is 35.4 Å². The summed E-state index contributed by atoms with van der Waals surface area (Å²) in [6.07, 6.45) is -3.81. The molecular weight excluding hydrogens is 434 g/mol. The number of nitrogens with one attached hydrogen (secondary N) is 2. The van der Waals surface area contributed by atoms with Crippen molar-refractivity contribution in [3.05, 3.63) is 58.4 Å². The molecule has 2 aromatic rings. The van der Waals surface area contributed by atoms with E-state index in [0.29, 0.717) is 12.8 Å². The van der Waals surface area contributed by atoms with E-state index in [0.717, 1.165) is 18.1 Å². The van der Waals surface area contributed by atoms with Gasteiger partial charge in [-0.05, 0) is 67.9 Å². The first-order chi connectivity index (χ1) is 15.0. The molecular formula is C22H24F6N4. The van der Waals surface area contributed by atoms with Crippen LogP contribution in [-0.4, -0.2) is 23.0 Å². The predicted octanol–water partition coefficient (Wildman–Crippen LogP) is 5.77.